The Kier molecular flexibility index (Phi) is 5.09. The predicted octanol–water partition coefficient (Wildman–Crippen LogP) is 2.37. The molecule has 0 spiro atoms. The van der Waals surface area contributed by atoms with Gasteiger partial charge in [0.2, 0.25) is 11.8 Å². The monoisotopic (exact) mass is 336 g/mol. The molecule has 2 aromatic carbocycles. The lowest BCUT2D eigenvalue weighted by molar-refractivity contribution is -0.126. The molecule has 0 aliphatic rings. The van der Waals surface area contributed by atoms with Crippen molar-refractivity contribution in [2.24, 2.45) is 0 Å². The van der Waals surface area contributed by atoms with Crippen LogP contribution in [0.1, 0.15) is 18.9 Å². The van der Waals surface area contributed by atoms with Crippen molar-refractivity contribution in [3.05, 3.63) is 54.1 Å². The zero-order valence-corrected chi connectivity index (χ0v) is 14.0. The highest BCUT2D eigenvalue weighted by Crippen LogP contribution is 2.20. The van der Waals surface area contributed by atoms with Gasteiger partial charge in [0.25, 0.3) is 0 Å². The van der Waals surface area contributed by atoms with Crippen LogP contribution < -0.4 is 10.6 Å². The first-order chi connectivity index (χ1) is 12.2. The zero-order valence-electron chi connectivity index (χ0n) is 14.0. The molecule has 0 saturated carbocycles. The first kappa shape index (κ1) is 16.7. The maximum Gasteiger partial charge on any atom is 0.239 e. The van der Waals surface area contributed by atoms with Crippen LogP contribution in [0.25, 0.3) is 22.4 Å². The molecule has 6 heteroatoms. The van der Waals surface area contributed by atoms with Gasteiger partial charge < -0.3 is 15.6 Å². The Balaban J connectivity index is 1.58. The molecule has 2 amide bonds. The van der Waals surface area contributed by atoms with E-state index in [1.807, 2.05) is 48.5 Å². The van der Waals surface area contributed by atoms with Gasteiger partial charge in [-0.3, -0.25) is 9.59 Å². The summed E-state index contributed by atoms with van der Waals surface area (Å²) in [5.41, 5.74) is 3.91. The number of fused-ring (bicyclic) bond motifs is 1. The first-order valence-corrected chi connectivity index (χ1v) is 8.23. The van der Waals surface area contributed by atoms with E-state index in [2.05, 4.69) is 20.6 Å². The number of amides is 2. The summed E-state index contributed by atoms with van der Waals surface area (Å²) < 4.78 is 0. The number of nitrogens with one attached hydrogen (secondary N) is 3. The maximum absolute atomic E-state index is 11.7. The average molecular weight is 336 g/mol. The van der Waals surface area contributed by atoms with Crippen LogP contribution in [0.15, 0.2) is 48.5 Å². The van der Waals surface area contributed by atoms with Gasteiger partial charge in [0.05, 0.1) is 17.6 Å². The van der Waals surface area contributed by atoms with Gasteiger partial charge in [-0.25, -0.2) is 4.98 Å². The average Bonchev–Trinajstić information content (AvgIpc) is 3.09. The minimum atomic E-state index is -0.205. The second-order valence-corrected chi connectivity index (χ2v) is 5.71. The quantitative estimate of drug-likeness (QED) is 0.646. The van der Waals surface area contributed by atoms with E-state index in [1.165, 1.54) is 0 Å². The summed E-state index contributed by atoms with van der Waals surface area (Å²) in [6.45, 7) is 2.17. The molecule has 3 N–H and O–H groups in total. The Hall–Kier alpha value is -3.15. The van der Waals surface area contributed by atoms with Gasteiger partial charge in [0.1, 0.15) is 5.82 Å². The van der Waals surface area contributed by atoms with Crippen LogP contribution in [0.4, 0.5) is 0 Å². The van der Waals surface area contributed by atoms with Gasteiger partial charge in [-0.2, -0.15) is 0 Å². The molecular weight excluding hydrogens is 316 g/mol. The summed E-state index contributed by atoms with van der Waals surface area (Å²) in [5.74, 6) is 0.479. The fourth-order valence-corrected chi connectivity index (χ4v) is 2.44. The topological polar surface area (TPSA) is 86.9 Å². The first-order valence-electron chi connectivity index (χ1n) is 8.23. The summed E-state index contributed by atoms with van der Waals surface area (Å²) in [7, 11) is 0. The number of hydrogen-bond acceptors (Lipinski definition) is 3. The van der Waals surface area contributed by atoms with E-state index < -0.39 is 0 Å². The number of para-hydroxylation sites is 2. The Bertz CT molecular complexity index is 851. The van der Waals surface area contributed by atoms with Gasteiger partial charge in [-0.05, 0) is 17.7 Å². The van der Waals surface area contributed by atoms with E-state index in [9.17, 15) is 9.59 Å². The molecule has 25 heavy (non-hydrogen) atoms. The lowest BCUT2D eigenvalue weighted by Gasteiger charge is -2.07. The third-order valence-electron chi connectivity index (χ3n) is 3.87. The van der Waals surface area contributed by atoms with Gasteiger partial charge in [-0.1, -0.05) is 43.3 Å². The Morgan fingerprint density at radius 3 is 2.48 bits per heavy atom. The summed E-state index contributed by atoms with van der Waals surface area (Å²) in [6, 6.07) is 15.7. The number of carbonyl (C=O) groups is 2. The highest BCUT2D eigenvalue weighted by Gasteiger charge is 2.06. The van der Waals surface area contributed by atoms with Crippen LogP contribution in [0.3, 0.4) is 0 Å². The highest BCUT2D eigenvalue weighted by molar-refractivity contribution is 5.84. The molecule has 3 aromatic rings. The minimum absolute atomic E-state index is 0.00371. The number of benzene rings is 2. The van der Waals surface area contributed by atoms with Gasteiger partial charge in [0.15, 0.2) is 0 Å². The molecule has 1 heterocycles. The maximum atomic E-state index is 11.7. The highest BCUT2D eigenvalue weighted by atomic mass is 16.2. The second-order valence-electron chi connectivity index (χ2n) is 5.71. The number of aromatic nitrogens is 2. The summed E-state index contributed by atoms with van der Waals surface area (Å²) in [5, 5.41) is 5.33. The van der Waals surface area contributed by atoms with E-state index in [-0.39, 0.29) is 18.4 Å². The van der Waals surface area contributed by atoms with Crippen LogP contribution in [0.2, 0.25) is 0 Å². The van der Waals surface area contributed by atoms with Crippen molar-refractivity contribution in [1.29, 1.82) is 0 Å². The number of hydrogen-bond donors (Lipinski definition) is 3. The molecule has 128 valence electrons. The third kappa shape index (κ3) is 4.23. The number of nitrogens with zero attached hydrogens (tertiary/aromatic N) is 1. The molecule has 6 nitrogen and oxygen atoms in total. The Morgan fingerprint density at radius 1 is 1.00 bits per heavy atom. The second kappa shape index (κ2) is 7.61. The van der Waals surface area contributed by atoms with E-state index in [0.29, 0.717) is 13.0 Å². The van der Waals surface area contributed by atoms with Crippen LogP contribution in [0.5, 0.6) is 0 Å². The normalized spacial score (nSPS) is 10.6. The standard InChI is InChI=1S/C19H20N4O2/c1-2-17(24)21-12-18(25)20-11-13-7-9-14(10-8-13)19-22-15-5-3-4-6-16(15)23-19/h3-10H,2,11-12H2,1H3,(H,20,25)(H,21,24)(H,22,23). The fraction of sp³-hybridized carbons (Fsp3) is 0.211. The molecule has 1 aromatic heterocycles. The summed E-state index contributed by atoms with van der Waals surface area (Å²) >= 11 is 0. The SMILES string of the molecule is CCC(=O)NCC(=O)NCc1ccc(-c2nc3ccccc3[nH]2)cc1. The number of rotatable bonds is 6. The third-order valence-corrected chi connectivity index (χ3v) is 3.87. The largest absolute Gasteiger partial charge is 0.350 e. The molecule has 0 aliphatic heterocycles. The van der Waals surface area contributed by atoms with Crippen molar-refractivity contribution in [3.63, 3.8) is 0 Å². The van der Waals surface area contributed by atoms with E-state index in [4.69, 9.17) is 0 Å². The Labute approximate surface area is 145 Å². The Morgan fingerprint density at radius 2 is 1.76 bits per heavy atom. The lowest BCUT2D eigenvalue weighted by Crippen LogP contribution is -2.36. The summed E-state index contributed by atoms with van der Waals surface area (Å²) in [4.78, 5) is 30.7. The van der Waals surface area contributed by atoms with E-state index in [1.54, 1.807) is 6.92 Å². The van der Waals surface area contributed by atoms with E-state index >= 15 is 0 Å². The van der Waals surface area contributed by atoms with Crippen molar-refractivity contribution in [3.8, 4) is 11.4 Å². The van der Waals surface area contributed by atoms with Crippen LogP contribution in [-0.2, 0) is 16.1 Å². The fourth-order valence-electron chi connectivity index (χ4n) is 2.44. The van der Waals surface area contributed by atoms with Crippen molar-refractivity contribution in [2.75, 3.05) is 6.54 Å². The minimum Gasteiger partial charge on any atom is -0.350 e. The molecule has 0 aliphatic carbocycles. The molecule has 0 fully saturated rings. The van der Waals surface area contributed by atoms with Crippen LogP contribution in [0, 0.1) is 0 Å². The number of imidazole rings is 1. The zero-order chi connectivity index (χ0) is 17.6. The van der Waals surface area contributed by atoms with Gasteiger partial charge in [0, 0.05) is 18.5 Å². The molecule has 0 radical (unpaired) electrons. The van der Waals surface area contributed by atoms with Crippen molar-refractivity contribution < 1.29 is 9.59 Å². The summed E-state index contributed by atoms with van der Waals surface area (Å²) in [6.07, 6.45) is 0.372. The van der Waals surface area contributed by atoms with Crippen molar-refractivity contribution in [1.82, 2.24) is 20.6 Å². The van der Waals surface area contributed by atoms with Gasteiger partial charge in [-0.15, -0.1) is 0 Å². The molecule has 0 unspecified atom stereocenters. The van der Waals surface area contributed by atoms with E-state index in [0.717, 1.165) is 28.0 Å². The smallest absolute Gasteiger partial charge is 0.239 e. The number of aromatic amines is 1. The number of carbonyl (C=O) groups excluding carboxylic acids is 2. The molecule has 3 rings (SSSR count). The number of H-pyrrole nitrogens is 1. The van der Waals surface area contributed by atoms with Gasteiger partial charge >= 0.3 is 0 Å². The van der Waals surface area contributed by atoms with Crippen molar-refractivity contribution >= 4 is 22.8 Å². The molecule has 0 atom stereocenters. The molecule has 0 saturated heterocycles. The van der Waals surface area contributed by atoms with Crippen LogP contribution in [-0.4, -0.2) is 28.3 Å². The van der Waals surface area contributed by atoms with Crippen molar-refractivity contribution in [2.45, 2.75) is 19.9 Å². The lowest BCUT2D eigenvalue weighted by atomic mass is 10.1. The molecule has 0 bridgehead atoms. The molecular formula is C19H20N4O2. The van der Waals surface area contributed by atoms with Crippen LogP contribution >= 0.6 is 0 Å². The predicted molar refractivity (Wildman–Crippen MR) is 96.7 cm³/mol.